The number of carboxylic acid groups (broad SMARTS) is 1. The quantitative estimate of drug-likeness (QED) is 0.461. The van der Waals surface area contributed by atoms with Gasteiger partial charge in [0.05, 0.1) is 18.9 Å². The van der Waals surface area contributed by atoms with Crippen LogP contribution in [0.5, 0.6) is 0 Å². The van der Waals surface area contributed by atoms with E-state index in [1.54, 1.807) is 6.92 Å². The molecule has 0 radical (unpaired) electrons. The second-order valence-electron chi connectivity index (χ2n) is 5.14. The predicted octanol–water partition coefficient (Wildman–Crippen LogP) is 3.64. The molecule has 1 N–H and O–H groups in total. The summed E-state index contributed by atoms with van der Waals surface area (Å²) in [6, 6.07) is 0. The zero-order chi connectivity index (χ0) is 14.7. The van der Waals surface area contributed by atoms with Gasteiger partial charge in [-0.05, 0) is 19.3 Å². The van der Waals surface area contributed by atoms with E-state index in [2.05, 4.69) is 6.92 Å². The zero-order valence-electron chi connectivity index (χ0n) is 12.5. The van der Waals surface area contributed by atoms with Crippen molar-refractivity contribution in [2.75, 3.05) is 6.61 Å². The lowest BCUT2D eigenvalue weighted by atomic mass is 9.87. The molecule has 2 atom stereocenters. The highest BCUT2D eigenvalue weighted by molar-refractivity contribution is 5.79. The van der Waals surface area contributed by atoms with Gasteiger partial charge >= 0.3 is 11.9 Å². The van der Waals surface area contributed by atoms with Gasteiger partial charge in [0, 0.05) is 0 Å². The number of esters is 1. The van der Waals surface area contributed by atoms with Crippen LogP contribution in [0.3, 0.4) is 0 Å². The summed E-state index contributed by atoms with van der Waals surface area (Å²) in [7, 11) is 0. The Labute approximate surface area is 116 Å². The Kier molecular flexibility index (Phi) is 10.2. The van der Waals surface area contributed by atoms with Crippen molar-refractivity contribution in [3.63, 3.8) is 0 Å². The fourth-order valence-electron chi connectivity index (χ4n) is 2.23. The van der Waals surface area contributed by atoms with Crippen LogP contribution in [0.25, 0.3) is 0 Å². The van der Waals surface area contributed by atoms with Crippen molar-refractivity contribution in [3.05, 3.63) is 0 Å². The molecular weight excluding hydrogens is 244 g/mol. The van der Waals surface area contributed by atoms with Gasteiger partial charge in [-0.25, -0.2) is 0 Å². The van der Waals surface area contributed by atoms with E-state index in [-0.39, 0.29) is 18.3 Å². The summed E-state index contributed by atoms with van der Waals surface area (Å²) in [4.78, 5) is 22.6. The largest absolute Gasteiger partial charge is 0.481 e. The van der Waals surface area contributed by atoms with E-state index in [9.17, 15) is 9.59 Å². The second kappa shape index (κ2) is 10.8. The van der Waals surface area contributed by atoms with E-state index in [0.717, 1.165) is 19.3 Å². The topological polar surface area (TPSA) is 63.6 Å². The molecule has 0 fully saturated rings. The van der Waals surface area contributed by atoms with Crippen LogP contribution in [0.2, 0.25) is 0 Å². The van der Waals surface area contributed by atoms with E-state index in [4.69, 9.17) is 9.84 Å². The highest BCUT2D eigenvalue weighted by Gasteiger charge is 2.28. The van der Waals surface area contributed by atoms with Gasteiger partial charge in [0.25, 0.3) is 0 Å². The Balaban J connectivity index is 4.18. The SMILES string of the molecule is CCCCCCCC(C)C(CC(=O)O)C(=O)OCC. The third kappa shape index (κ3) is 8.62. The molecule has 0 bridgehead atoms. The van der Waals surface area contributed by atoms with Crippen LogP contribution in [0, 0.1) is 11.8 Å². The molecule has 0 spiro atoms. The predicted molar refractivity (Wildman–Crippen MR) is 74.9 cm³/mol. The van der Waals surface area contributed by atoms with Crippen molar-refractivity contribution >= 4 is 11.9 Å². The Morgan fingerprint density at radius 1 is 1.11 bits per heavy atom. The number of hydrogen-bond donors (Lipinski definition) is 1. The molecule has 0 heterocycles. The summed E-state index contributed by atoms with van der Waals surface area (Å²) in [6.45, 7) is 6.17. The van der Waals surface area contributed by atoms with Gasteiger partial charge in [-0.3, -0.25) is 9.59 Å². The van der Waals surface area contributed by atoms with Gasteiger partial charge in [0.15, 0.2) is 0 Å². The Morgan fingerprint density at radius 3 is 2.26 bits per heavy atom. The number of rotatable bonds is 11. The van der Waals surface area contributed by atoms with Crippen molar-refractivity contribution in [2.24, 2.45) is 11.8 Å². The summed E-state index contributed by atoms with van der Waals surface area (Å²) >= 11 is 0. The third-order valence-corrected chi connectivity index (χ3v) is 3.43. The standard InChI is InChI=1S/C15H28O4/c1-4-6-7-8-9-10-12(3)13(11-14(16)17)15(18)19-5-2/h12-13H,4-11H2,1-3H3,(H,16,17). The molecule has 112 valence electrons. The van der Waals surface area contributed by atoms with E-state index in [0.29, 0.717) is 6.61 Å². The first-order chi connectivity index (χ1) is 9.02. The molecule has 4 heteroatoms. The zero-order valence-corrected chi connectivity index (χ0v) is 12.5. The number of unbranched alkanes of at least 4 members (excludes halogenated alkanes) is 4. The fourth-order valence-corrected chi connectivity index (χ4v) is 2.23. The van der Waals surface area contributed by atoms with E-state index in [1.165, 1.54) is 19.3 Å². The lowest BCUT2D eigenvalue weighted by Crippen LogP contribution is -2.27. The lowest BCUT2D eigenvalue weighted by molar-refractivity contribution is -0.154. The van der Waals surface area contributed by atoms with Crippen molar-refractivity contribution in [1.82, 2.24) is 0 Å². The highest BCUT2D eigenvalue weighted by atomic mass is 16.5. The average molecular weight is 272 g/mol. The van der Waals surface area contributed by atoms with Crippen LogP contribution in [0.15, 0.2) is 0 Å². The van der Waals surface area contributed by atoms with Crippen molar-refractivity contribution < 1.29 is 19.4 Å². The van der Waals surface area contributed by atoms with Gasteiger partial charge < -0.3 is 9.84 Å². The van der Waals surface area contributed by atoms with Crippen LogP contribution >= 0.6 is 0 Å². The minimum Gasteiger partial charge on any atom is -0.481 e. The van der Waals surface area contributed by atoms with Crippen molar-refractivity contribution in [1.29, 1.82) is 0 Å². The first-order valence-corrected chi connectivity index (χ1v) is 7.41. The molecule has 0 saturated heterocycles. The van der Waals surface area contributed by atoms with Gasteiger partial charge in [-0.2, -0.15) is 0 Å². The molecule has 4 nitrogen and oxygen atoms in total. The molecule has 0 aromatic heterocycles. The normalized spacial score (nSPS) is 13.8. The summed E-state index contributed by atoms with van der Waals surface area (Å²) < 4.78 is 4.97. The van der Waals surface area contributed by atoms with E-state index >= 15 is 0 Å². The Morgan fingerprint density at radius 2 is 1.74 bits per heavy atom. The molecule has 0 aliphatic carbocycles. The number of carbonyl (C=O) groups is 2. The van der Waals surface area contributed by atoms with Crippen LogP contribution in [0.4, 0.5) is 0 Å². The van der Waals surface area contributed by atoms with Crippen molar-refractivity contribution in [2.45, 2.75) is 65.7 Å². The molecule has 0 aromatic carbocycles. The lowest BCUT2D eigenvalue weighted by Gasteiger charge is -2.20. The summed E-state index contributed by atoms with van der Waals surface area (Å²) in [6.07, 6.45) is 6.63. The summed E-state index contributed by atoms with van der Waals surface area (Å²) in [5, 5.41) is 8.88. The third-order valence-electron chi connectivity index (χ3n) is 3.43. The van der Waals surface area contributed by atoms with E-state index in [1.807, 2.05) is 6.92 Å². The monoisotopic (exact) mass is 272 g/mol. The highest BCUT2D eigenvalue weighted by Crippen LogP contribution is 2.23. The maximum Gasteiger partial charge on any atom is 0.309 e. The first kappa shape index (κ1) is 17.9. The maximum atomic E-state index is 11.8. The van der Waals surface area contributed by atoms with Crippen LogP contribution in [0.1, 0.15) is 65.7 Å². The average Bonchev–Trinajstić information content (AvgIpc) is 2.35. The maximum absolute atomic E-state index is 11.8. The van der Waals surface area contributed by atoms with Gasteiger partial charge in [0.2, 0.25) is 0 Å². The first-order valence-electron chi connectivity index (χ1n) is 7.41. The number of carbonyl (C=O) groups excluding carboxylic acids is 1. The molecular formula is C15H28O4. The molecule has 0 amide bonds. The van der Waals surface area contributed by atoms with Gasteiger partial charge in [-0.1, -0.05) is 46.0 Å². The number of aliphatic carboxylic acids is 1. The van der Waals surface area contributed by atoms with Gasteiger partial charge in [0.1, 0.15) is 0 Å². The minimum absolute atomic E-state index is 0.0665. The number of ether oxygens (including phenoxy) is 1. The molecule has 2 unspecified atom stereocenters. The molecule has 0 rings (SSSR count). The number of carboxylic acids is 1. The van der Waals surface area contributed by atoms with Gasteiger partial charge in [-0.15, -0.1) is 0 Å². The van der Waals surface area contributed by atoms with Crippen LogP contribution in [-0.4, -0.2) is 23.7 Å². The Bertz CT molecular complexity index is 263. The second-order valence-corrected chi connectivity index (χ2v) is 5.14. The summed E-state index contributed by atoms with van der Waals surface area (Å²) in [5.41, 5.74) is 0. The van der Waals surface area contributed by atoms with Crippen LogP contribution in [-0.2, 0) is 14.3 Å². The molecule has 0 aromatic rings. The smallest absolute Gasteiger partial charge is 0.309 e. The Hall–Kier alpha value is -1.06. The molecule has 0 aliphatic heterocycles. The van der Waals surface area contributed by atoms with E-state index < -0.39 is 11.9 Å². The number of hydrogen-bond acceptors (Lipinski definition) is 3. The molecule has 0 aliphatic rings. The summed E-state index contributed by atoms with van der Waals surface area (Å²) in [5.74, 6) is -1.75. The minimum atomic E-state index is -0.934. The molecule has 19 heavy (non-hydrogen) atoms. The van der Waals surface area contributed by atoms with Crippen LogP contribution < -0.4 is 0 Å². The van der Waals surface area contributed by atoms with Crippen molar-refractivity contribution in [3.8, 4) is 0 Å². The fraction of sp³-hybridized carbons (Fsp3) is 0.867. The molecule has 0 saturated carbocycles.